The summed E-state index contributed by atoms with van der Waals surface area (Å²) in [7, 11) is 0. The summed E-state index contributed by atoms with van der Waals surface area (Å²) in [6.45, 7) is 6.90. The zero-order valence-electron chi connectivity index (χ0n) is 10.2. The molecule has 4 heteroatoms. The molecule has 1 aromatic rings. The second-order valence-electron chi connectivity index (χ2n) is 4.48. The van der Waals surface area contributed by atoms with Gasteiger partial charge < -0.3 is 4.90 Å². The number of nitrogens with zero attached hydrogens (tertiary/aromatic N) is 3. The Morgan fingerprint density at radius 1 is 1.12 bits per heavy atom. The molecule has 0 aliphatic carbocycles. The number of aromatic nitrogens is 1. The van der Waals surface area contributed by atoms with Gasteiger partial charge in [0.25, 0.3) is 0 Å². The number of rotatable bonds is 4. The van der Waals surface area contributed by atoms with Gasteiger partial charge in [0.15, 0.2) is 0 Å². The summed E-state index contributed by atoms with van der Waals surface area (Å²) in [5, 5.41) is 1.08. The average molecular weight is 298 g/mol. The molecule has 1 aliphatic rings. The van der Waals surface area contributed by atoms with E-state index in [0.717, 1.165) is 25.0 Å². The average Bonchev–Trinajstić information content (AvgIpc) is 2.57. The van der Waals surface area contributed by atoms with Crippen molar-refractivity contribution in [2.45, 2.75) is 13.0 Å². The predicted octanol–water partition coefficient (Wildman–Crippen LogP) is 1.98. The van der Waals surface area contributed by atoms with Crippen LogP contribution < -0.4 is 0 Å². The Bertz CT molecular complexity index is 318. The molecule has 17 heavy (non-hydrogen) atoms. The Labute approximate surface area is 112 Å². The molecule has 3 nitrogen and oxygen atoms in total. The molecular formula is C13H20BrN3. The molecule has 0 N–H and O–H groups in total. The van der Waals surface area contributed by atoms with Crippen molar-refractivity contribution in [3.63, 3.8) is 0 Å². The Hall–Kier alpha value is -0.450. The lowest BCUT2D eigenvalue weighted by Gasteiger charge is -2.20. The van der Waals surface area contributed by atoms with Crippen molar-refractivity contribution in [3.8, 4) is 0 Å². The third-order valence-corrected chi connectivity index (χ3v) is 3.55. The topological polar surface area (TPSA) is 19.4 Å². The monoisotopic (exact) mass is 297 g/mol. The zero-order valence-corrected chi connectivity index (χ0v) is 11.8. The van der Waals surface area contributed by atoms with Gasteiger partial charge in [-0.1, -0.05) is 22.0 Å². The van der Waals surface area contributed by atoms with Crippen LogP contribution in [0.15, 0.2) is 24.4 Å². The first-order chi connectivity index (χ1) is 8.38. The van der Waals surface area contributed by atoms with E-state index in [1.807, 2.05) is 12.3 Å². The molecular weight excluding hydrogens is 278 g/mol. The van der Waals surface area contributed by atoms with Crippen LogP contribution in [0.5, 0.6) is 0 Å². The van der Waals surface area contributed by atoms with E-state index < -0.39 is 0 Å². The van der Waals surface area contributed by atoms with Gasteiger partial charge in [-0.25, -0.2) is 0 Å². The number of halogens is 1. The fourth-order valence-corrected chi connectivity index (χ4v) is 2.75. The third kappa shape index (κ3) is 4.37. The largest absolute Gasteiger partial charge is 0.301 e. The second-order valence-corrected chi connectivity index (χ2v) is 5.27. The predicted molar refractivity (Wildman–Crippen MR) is 74.4 cm³/mol. The Morgan fingerprint density at radius 2 is 1.94 bits per heavy atom. The Morgan fingerprint density at radius 3 is 2.71 bits per heavy atom. The van der Waals surface area contributed by atoms with Gasteiger partial charge in [-0.3, -0.25) is 9.88 Å². The molecule has 0 spiro atoms. The molecule has 94 valence electrons. The van der Waals surface area contributed by atoms with E-state index in [1.54, 1.807) is 0 Å². The summed E-state index contributed by atoms with van der Waals surface area (Å²) in [6.07, 6.45) is 3.14. The van der Waals surface area contributed by atoms with Crippen LogP contribution in [0.25, 0.3) is 0 Å². The molecule has 2 rings (SSSR count). The van der Waals surface area contributed by atoms with Crippen molar-refractivity contribution >= 4 is 15.9 Å². The third-order valence-electron chi connectivity index (χ3n) is 3.19. The van der Waals surface area contributed by atoms with Gasteiger partial charge in [0.05, 0.1) is 5.69 Å². The second kappa shape index (κ2) is 7.09. The summed E-state index contributed by atoms with van der Waals surface area (Å²) in [6, 6.07) is 6.15. The van der Waals surface area contributed by atoms with Crippen LogP contribution in [0.1, 0.15) is 12.1 Å². The van der Waals surface area contributed by atoms with Crippen LogP contribution >= 0.6 is 15.9 Å². The van der Waals surface area contributed by atoms with Gasteiger partial charge in [-0.2, -0.15) is 0 Å². The zero-order chi connectivity index (χ0) is 11.9. The SMILES string of the molecule is BrCCN1CCCN(Cc2ccccn2)CC1. The lowest BCUT2D eigenvalue weighted by atomic mass is 10.3. The van der Waals surface area contributed by atoms with Gasteiger partial charge in [0.2, 0.25) is 0 Å². The summed E-state index contributed by atoms with van der Waals surface area (Å²) >= 11 is 3.51. The Kier molecular flexibility index (Phi) is 5.42. The first-order valence-corrected chi connectivity index (χ1v) is 7.41. The molecule has 0 atom stereocenters. The maximum absolute atomic E-state index is 4.40. The molecule has 1 aliphatic heterocycles. The minimum atomic E-state index is 0.989. The normalized spacial score (nSPS) is 19.1. The van der Waals surface area contributed by atoms with Crippen molar-refractivity contribution in [2.75, 3.05) is 38.1 Å². The van der Waals surface area contributed by atoms with E-state index in [2.05, 4.69) is 42.8 Å². The fourth-order valence-electron chi connectivity index (χ4n) is 2.25. The molecule has 0 aromatic carbocycles. The van der Waals surface area contributed by atoms with Gasteiger partial charge >= 0.3 is 0 Å². The van der Waals surface area contributed by atoms with Crippen LogP contribution in [0.3, 0.4) is 0 Å². The Balaban J connectivity index is 1.83. The van der Waals surface area contributed by atoms with E-state index in [9.17, 15) is 0 Å². The number of hydrogen-bond donors (Lipinski definition) is 0. The molecule has 0 unspecified atom stereocenters. The molecule has 1 aromatic heterocycles. The van der Waals surface area contributed by atoms with Gasteiger partial charge in [-0.05, 0) is 31.6 Å². The molecule has 0 saturated carbocycles. The van der Waals surface area contributed by atoms with E-state index in [4.69, 9.17) is 0 Å². The van der Waals surface area contributed by atoms with E-state index in [0.29, 0.717) is 0 Å². The maximum Gasteiger partial charge on any atom is 0.0543 e. The van der Waals surface area contributed by atoms with E-state index in [-0.39, 0.29) is 0 Å². The first-order valence-electron chi connectivity index (χ1n) is 6.29. The lowest BCUT2D eigenvalue weighted by Crippen LogP contribution is -2.31. The highest BCUT2D eigenvalue weighted by atomic mass is 79.9. The van der Waals surface area contributed by atoms with Crippen LogP contribution in [-0.4, -0.2) is 52.8 Å². The molecule has 1 fully saturated rings. The molecule has 0 radical (unpaired) electrons. The quantitative estimate of drug-likeness (QED) is 0.793. The first kappa shape index (κ1) is 13.0. The highest BCUT2D eigenvalue weighted by molar-refractivity contribution is 9.09. The lowest BCUT2D eigenvalue weighted by molar-refractivity contribution is 0.256. The molecule has 1 saturated heterocycles. The van der Waals surface area contributed by atoms with E-state index >= 15 is 0 Å². The fraction of sp³-hybridized carbons (Fsp3) is 0.615. The van der Waals surface area contributed by atoms with Gasteiger partial charge in [-0.15, -0.1) is 0 Å². The van der Waals surface area contributed by atoms with E-state index in [1.165, 1.54) is 31.7 Å². The number of hydrogen-bond acceptors (Lipinski definition) is 3. The highest BCUT2D eigenvalue weighted by Gasteiger charge is 2.14. The van der Waals surface area contributed by atoms with Crippen molar-refractivity contribution in [1.82, 2.24) is 14.8 Å². The summed E-state index contributed by atoms with van der Waals surface area (Å²) < 4.78 is 0. The smallest absolute Gasteiger partial charge is 0.0543 e. The van der Waals surface area contributed by atoms with Crippen molar-refractivity contribution in [3.05, 3.63) is 30.1 Å². The maximum atomic E-state index is 4.40. The van der Waals surface area contributed by atoms with Crippen molar-refractivity contribution in [2.24, 2.45) is 0 Å². The van der Waals surface area contributed by atoms with Crippen LogP contribution in [-0.2, 0) is 6.54 Å². The summed E-state index contributed by atoms with van der Waals surface area (Å²) in [5.74, 6) is 0. The number of alkyl halides is 1. The molecule has 0 bridgehead atoms. The minimum absolute atomic E-state index is 0.989. The van der Waals surface area contributed by atoms with Crippen LogP contribution in [0.2, 0.25) is 0 Å². The van der Waals surface area contributed by atoms with Gasteiger partial charge in [0, 0.05) is 37.7 Å². The van der Waals surface area contributed by atoms with Crippen LogP contribution in [0, 0.1) is 0 Å². The summed E-state index contributed by atoms with van der Waals surface area (Å²) in [4.78, 5) is 9.44. The van der Waals surface area contributed by atoms with Crippen LogP contribution in [0.4, 0.5) is 0 Å². The standard InChI is InChI=1S/C13H20BrN3/c14-5-9-16-7-3-8-17(11-10-16)12-13-4-1-2-6-15-13/h1-2,4,6H,3,5,7-12H2. The highest BCUT2D eigenvalue weighted by Crippen LogP contribution is 2.07. The van der Waals surface area contributed by atoms with Crippen molar-refractivity contribution in [1.29, 1.82) is 0 Å². The van der Waals surface area contributed by atoms with Gasteiger partial charge in [0.1, 0.15) is 0 Å². The molecule has 2 heterocycles. The minimum Gasteiger partial charge on any atom is -0.301 e. The number of pyridine rings is 1. The molecule has 0 amide bonds. The van der Waals surface area contributed by atoms with Crippen molar-refractivity contribution < 1.29 is 0 Å². The summed E-state index contributed by atoms with van der Waals surface area (Å²) in [5.41, 5.74) is 1.18.